The van der Waals surface area contributed by atoms with Crippen LogP contribution in [0.1, 0.15) is 29.6 Å². The molecule has 1 unspecified atom stereocenters. The first-order chi connectivity index (χ1) is 16.0. The van der Waals surface area contributed by atoms with Gasteiger partial charge in [0.25, 0.3) is 0 Å². The second-order valence-electron chi connectivity index (χ2n) is 7.96. The van der Waals surface area contributed by atoms with Crippen molar-refractivity contribution in [2.45, 2.75) is 31.4 Å². The van der Waals surface area contributed by atoms with E-state index in [1.165, 1.54) is 10.9 Å². The molecule has 3 aromatic heterocycles. The molecule has 0 spiro atoms. The molecule has 0 saturated carbocycles. The van der Waals surface area contributed by atoms with Gasteiger partial charge < -0.3 is 14.7 Å². The SMILES string of the molecule is O=C(O)c1cn(-c2ncns2)c2nc(N3CC(NOCC4CCCCO4)C3)c(F)cc2c1=O. The number of nitrogens with zero attached hydrogens (tertiary/aromatic N) is 5. The lowest BCUT2D eigenvalue weighted by molar-refractivity contribution is -0.0799. The lowest BCUT2D eigenvalue weighted by Gasteiger charge is -2.40. The zero-order valence-electron chi connectivity index (χ0n) is 17.4. The number of hydrogen-bond acceptors (Lipinski definition) is 10. The Bertz CT molecular complexity index is 1220. The standard InChI is InChI=1S/C20H21FN6O5S/c21-15-5-13-16(28)14(19(29)30)8-27(20-22-10-23-33-20)17(13)24-18(15)26-6-11(7-26)25-32-9-12-3-1-2-4-31-12/h5,8,10-12,25H,1-4,6-7,9H2,(H,29,30). The molecule has 2 saturated heterocycles. The first-order valence-corrected chi connectivity index (χ1v) is 11.3. The highest BCUT2D eigenvalue weighted by molar-refractivity contribution is 7.08. The molecular weight excluding hydrogens is 455 g/mol. The number of fused-ring (bicyclic) bond motifs is 1. The van der Waals surface area contributed by atoms with Gasteiger partial charge in [-0.05, 0) is 25.3 Å². The summed E-state index contributed by atoms with van der Waals surface area (Å²) in [5, 5.41) is 9.57. The van der Waals surface area contributed by atoms with Gasteiger partial charge in [-0.25, -0.2) is 19.2 Å². The van der Waals surface area contributed by atoms with Crippen LogP contribution >= 0.6 is 11.5 Å². The van der Waals surface area contributed by atoms with E-state index >= 15 is 0 Å². The Morgan fingerprint density at radius 1 is 1.39 bits per heavy atom. The summed E-state index contributed by atoms with van der Waals surface area (Å²) >= 11 is 0.999. The number of halogens is 1. The molecule has 2 aliphatic heterocycles. The molecular formula is C20H21FN6O5S. The average Bonchev–Trinajstić information content (AvgIpc) is 3.31. The number of hydrogen-bond donors (Lipinski definition) is 2. The number of aromatic nitrogens is 4. The quantitative estimate of drug-likeness (QED) is 0.482. The molecule has 5 rings (SSSR count). The van der Waals surface area contributed by atoms with Crippen molar-refractivity contribution in [3.63, 3.8) is 0 Å². The molecule has 2 aliphatic rings. The van der Waals surface area contributed by atoms with Crippen LogP contribution < -0.4 is 15.8 Å². The number of carbonyl (C=O) groups is 1. The van der Waals surface area contributed by atoms with E-state index in [4.69, 9.17) is 9.57 Å². The molecule has 3 aromatic rings. The number of aromatic carboxylic acids is 1. The van der Waals surface area contributed by atoms with Crippen LogP contribution in [0.15, 0.2) is 23.4 Å². The molecule has 33 heavy (non-hydrogen) atoms. The minimum atomic E-state index is -1.42. The molecule has 13 heteroatoms. The summed E-state index contributed by atoms with van der Waals surface area (Å²) in [7, 11) is 0. The maximum absolute atomic E-state index is 14.9. The summed E-state index contributed by atoms with van der Waals surface area (Å²) in [6.45, 7) is 2.13. The fourth-order valence-electron chi connectivity index (χ4n) is 3.93. The van der Waals surface area contributed by atoms with E-state index in [0.29, 0.717) is 24.8 Å². The van der Waals surface area contributed by atoms with E-state index in [1.807, 2.05) is 0 Å². The van der Waals surface area contributed by atoms with Gasteiger partial charge in [-0.3, -0.25) is 14.2 Å². The minimum Gasteiger partial charge on any atom is -0.477 e. The van der Waals surface area contributed by atoms with Gasteiger partial charge in [0, 0.05) is 37.4 Å². The van der Waals surface area contributed by atoms with E-state index in [-0.39, 0.29) is 29.0 Å². The predicted octanol–water partition coefficient (Wildman–Crippen LogP) is 1.35. The van der Waals surface area contributed by atoms with E-state index in [9.17, 15) is 19.1 Å². The van der Waals surface area contributed by atoms with Gasteiger partial charge in [-0.2, -0.15) is 9.85 Å². The maximum atomic E-state index is 14.9. The van der Waals surface area contributed by atoms with Crippen molar-refractivity contribution in [3.05, 3.63) is 40.2 Å². The van der Waals surface area contributed by atoms with Gasteiger partial charge >= 0.3 is 5.97 Å². The Hall–Kier alpha value is -3.00. The second-order valence-corrected chi connectivity index (χ2v) is 8.71. The van der Waals surface area contributed by atoms with Gasteiger partial charge in [-0.15, -0.1) is 0 Å². The lowest BCUT2D eigenvalue weighted by atomic mass is 10.1. The fraction of sp³-hybridized carbons (Fsp3) is 0.450. The number of pyridine rings is 2. The van der Waals surface area contributed by atoms with Crippen molar-refractivity contribution < 1.29 is 23.9 Å². The molecule has 0 aromatic carbocycles. The molecule has 0 amide bonds. The Kier molecular flexibility index (Phi) is 6.01. The minimum absolute atomic E-state index is 0.00905. The summed E-state index contributed by atoms with van der Waals surface area (Å²) in [5.74, 6) is -2.06. The fourth-order valence-corrected chi connectivity index (χ4v) is 4.44. The molecule has 2 N–H and O–H groups in total. The lowest BCUT2D eigenvalue weighted by Crippen LogP contribution is -2.58. The van der Waals surface area contributed by atoms with Crippen molar-refractivity contribution in [3.8, 4) is 5.13 Å². The van der Waals surface area contributed by atoms with Crippen LogP contribution in [-0.2, 0) is 9.57 Å². The van der Waals surface area contributed by atoms with E-state index < -0.39 is 22.8 Å². The third-order valence-corrected chi connectivity index (χ3v) is 6.34. The van der Waals surface area contributed by atoms with Gasteiger partial charge in [0.05, 0.1) is 24.1 Å². The predicted molar refractivity (Wildman–Crippen MR) is 116 cm³/mol. The van der Waals surface area contributed by atoms with E-state index in [0.717, 1.165) is 49.7 Å². The summed E-state index contributed by atoms with van der Waals surface area (Å²) in [5.41, 5.74) is 1.78. The van der Waals surface area contributed by atoms with Crippen molar-refractivity contribution in [2.75, 3.05) is 31.2 Å². The Morgan fingerprint density at radius 3 is 2.94 bits per heavy atom. The highest BCUT2D eigenvalue weighted by atomic mass is 32.1. The third kappa shape index (κ3) is 4.31. The van der Waals surface area contributed by atoms with Crippen LogP contribution in [-0.4, -0.2) is 68.4 Å². The number of nitrogens with one attached hydrogen (secondary N) is 1. The summed E-state index contributed by atoms with van der Waals surface area (Å²) in [4.78, 5) is 39.9. The number of ether oxygens (including phenoxy) is 1. The van der Waals surface area contributed by atoms with Gasteiger partial charge in [0.1, 0.15) is 11.9 Å². The number of anilines is 1. The summed E-state index contributed by atoms with van der Waals surface area (Å²) < 4.78 is 25.8. The first-order valence-electron chi connectivity index (χ1n) is 10.5. The molecule has 0 bridgehead atoms. The Labute approximate surface area is 190 Å². The second kappa shape index (κ2) is 9.09. The highest BCUT2D eigenvalue weighted by Crippen LogP contribution is 2.27. The molecule has 174 valence electrons. The van der Waals surface area contributed by atoms with Crippen LogP contribution in [0.3, 0.4) is 0 Å². The molecule has 0 radical (unpaired) electrons. The molecule has 11 nitrogen and oxygen atoms in total. The third-order valence-electron chi connectivity index (χ3n) is 5.67. The van der Waals surface area contributed by atoms with Crippen LogP contribution in [0.25, 0.3) is 16.2 Å². The van der Waals surface area contributed by atoms with Gasteiger partial charge in [0.15, 0.2) is 17.3 Å². The van der Waals surface area contributed by atoms with Crippen molar-refractivity contribution in [2.24, 2.45) is 0 Å². The first kappa shape index (κ1) is 21.8. The summed E-state index contributed by atoms with van der Waals surface area (Å²) in [6.07, 6.45) is 5.73. The van der Waals surface area contributed by atoms with Crippen LogP contribution in [0.5, 0.6) is 0 Å². The van der Waals surface area contributed by atoms with Crippen LogP contribution in [0, 0.1) is 5.82 Å². The largest absolute Gasteiger partial charge is 0.477 e. The van der Waals surface area contributed by atoms with Crippen molar-refractivity contribution in [1.29, 1.82) is 0 Å². The number of carboxylic acids is 1. The molecule has 1 atom stereocenters. The normalized spacial score (nSPS) is 19.1. The van der Waals surface area contributed by atoms with Crippen LogP contribution in [0.2, 0.25) is 0 Å². The van der Waals surface area contributed by atoms with Gasteiger partial charge in [-0.1, -0.05) is 0 Å². The number of rotatable bonds is 7. The monoisotopic (exact) mass is 476 g/mol. The Balaban J connectivity index is 1.36. The highest BCUT2D eigenvalue weighted by Gasteiger charge is 2.31. The summed E-state index contributed by atoms with van der Waals surface area (Å²) in [6, 6.07) is 1.02. The topological polar surface area (TPSA) is 132 Å². The zero-order valence-corrected chi connectivity index (χ0v) is 18.3. The molecule has 5 heterocycles. The maximum Gasteiger partial charge on any atom is 0.341 e. The molecule has 0 aliphatic carbocycles. The van der Waals surface area contributed by atoms with Crippen LogP contribution in [0.4, 0.5) is 10.2 Å². The Morgan fingerprint density at radius 2 is 2.24 bits per heavy atom. The molecule has 2 fully saturated rings. The van der Waals surface area contributed by atoms with Gasteiger partial charge in [0.2, 0.25) is 10.6 Å². The van der Waals surface area contributed by atoms with E-state index in [2.05, 4.69) is 19.8 Å². The van der Waals surface area contributed by atoms with Crippen molar-refractivity contribution >= 4 is 34.4 Å². The van der Waals surface area contributed by atoms with Crippen molar-refractivity contribution in [1.82, 2.24) is 24.4 Å². The number of carboxylic acid groups (broad SMARTS) is 1. The zero-order chi connectivity index (χ0) is 22.9. The smallest absolute Gasteiger partial charge is 0.341 e. The number of hydroxylamine groups is 1. The van der Waals surface area contributed by atoms with E-state index in [1.54, 1.807) is 4.90 Å². The average molecular weight is 476 g/mol.